The van der Waals surface area contributed by atoms with Crippen LogP contribution < -0.4 is 4.74 Å². The van der Waals surface area contributed by atoms with E-state index < -0.39 is 0 Å². The lowest BCUT2D eigenvalue weighted by atomic mass is 10.1. The number of rotatable bonds is 4. The Labute approximate surface area is 170 Å². The van der Waals surface area contributed by atoms with Gasteiger partial charge >= 0.3 is 0 Å². The zero-order valence-electron chi connectivity index (χ0n) is 17.2. The number of carbonyl (C=O) groups is 1. The standard InChI is InChI=1S/C22H25N5O2/c1-14-7-5-6-8-19(14)29-20-11-15(2)23-21(24-20)17-9-10-27(12-17)22(28)18-13-26(4)25-16(18)3/h5-8,11,13,17H,9-10,12H2,1-4H3/t17-/m1/s1. The molecule has 0 bridgehead atoms. The maximum Gasteiger partial charge on any atom is 0.257 e. The van der Waals surface area contributed by atoms with Gasteiger partial charge in [-0.1, -0.05) is 18.2 Å². The number of aromatic nitrogens is 4. The SMILES string of the molecule is Cc1cc(Oc2ccccc2C)nc([C@@H]2CCN(C(=O)c3cn(C)nc3C)C2)n1. The van der Waals surface area contributed by atoms with E-state index in [0.717, 1.165) is 34.9 Å². The minimum Gasteiger partial charge on any atom is -0.439 e. The quantitative estimate of drug-likeness (QED) is 0.680. The molecule has 1 aliphatic heterocycles. The van der Waals surface area contributed by atoms with Crippen LogP contribution in [-0.2, 0) is 7.05 Å². The van der Waals surface area contributed by atoms with Gasteiger partial charge < -0.3 is 9.64 Å². The number of hydrogen-bond donors (Lipinski definition) is 0. The van der Waals surface area contributed by atoms with Crippen molar-refractivity contribution in [2.24, 2.45) is 7.05 Å². The summed E-state index contributed by atoms with van der Waals surface area (Å²) in [6.07, 6.45) is 2.61. The number of aryl methyl sites for hydroxylation is 4. The number of hydrogen-bond acceptors (Lipinski definition) is 5. The summed E-state index contributed by atoms with van der Waals surface area (Å²) in [4.78, 5) is 24.0. The van der Waals surface area contributed by atoms with Crippen molar-refractivity contribution in [1.82, 2.24) is 24.6 Å². The zero-order valence-corrected chi connectivity index (χ0v) is 17.2. The Bertz CT molecular complexity index is 1060. The van der Waals surface area contributed by atoms with E-state index in [0.29, 0.717) is 24.5 Å². The van der Waals surface area contributed by atoms with Crippen LogP contribution in [0.3, 0.4) is 0 Å². The van der Waals surface area contributed by atoms with Gasteiger partial charge in [0.05, 0.1) is 11.3 Å². The molecule has 0 radical (unpaired) electrons. The highest BCUT2D eigenvalue weighted by Gasteiger charge is 2.31. The predicted molar refractivity (Wildman–Crippen MR) is 109 cm³/mol. The summed E-state index contributed by atoms with van der Waals surface area (Å²) in [6.45, 7) is 7.08. The molecule has 0 aliphatic carbocycles. The van der Waals surface area contributed by atoms with E-state index in [4.69, 9.17) is 4.74 Å². The number of carbonyl (C=O) groups excluding carboxylic acids is 1. The monoisotopic (exact) mass is 391 g/mol. The van der Waals surface area contributed by atoms with Crippen LogP contribution in [0.25, 0.3) is 0 Å². The molecular formula is C22H25N5O2. The van der Waals surface area contributed by atoms with Gasteiger partial charge in [0.15, 0.2) is 0 Å². The van der Waals surface area contributed by atoms with Gasteiger partial charge in [0, 0.05) is 44.0 Å². The summed E-state index contributed by atoms with van der Waals surface area (Å²) in [5.41, 5.74) is 3.31. The number of para-hydroxylation sites is 1. The molecule has 0 saturated carbocycles. The minimum absolute atomic E-state index is 0.0159. The van der Waals surface area contributed by atoms with Crippen LogP contribution in [0.5, 0.6) is 11.6 Å². The molecule has 7 nitrogen and oxygen atoms in total. The summed E-state index contributed by atoms with van der Waals surface area (Å²) in [5, 5.41) is 4.28. The molecule has 7 heteroatoms. The Morgan fingerprint density at radius 3 is 2.69 bits per heavy atom. The van der Waals surface area contributed by atoms with Crippen LogP contribution in [0.2, 0.25) is 0 Å². The molecule has 1 fully saturated rings. The molecule has 0 unspecified atom stereocenters. The molecule has 1 amide bonds. The highest BCUT2D eigenvalue weighted by molar-refractivity contribution is 5.95. The highest BCUT2D eigenvalue weighted by atomic mass is 16.5. The summed E-state index contributed by atoms with van der Waals surface area (Å²) >= 11 is 0. The average Bonchev–Trinajstić information content (AvgIpc) is 3.29. The Morgan fingerprint density at radius 2 is 1.97 bits per heavy atom. The van der Waals surface area contributed by atoms with Gasteiger partial charge in [0.25, 0.3) is 5.91 Å². The lowest BCUT2D eigenvalue weighted by molar-refractivity contribution is 0.0789. The van der Waals surface area contributed by atoms with E-state index in [1.807, 2.05) is 63.1 Å². The van der Waals surface area contributed by atoms with Gasteiger partial charge in [-0.2, -0.15) is 10.1 Å². The lowest BCUT2D eigenvalue weighted by Gasteiger charge is -2.16. The number of nitrogens with zero attached hydrogens (tertiary/aromatic N) is 5. The van der Waals surface area contributed by atoms with E-state index in [2.05, 4.69) is 15.1 Å². The fourth-order valence-electron chi connectivity index (χ4n) is 3.72. The first-order valence-electron chi connectivity index (χ1n) is 9.79. The molecule has 3 aromatic rings. The summed E-state index contributed by atoms with van der Waals surface area (Å²) < 4.78 is 7.69. The number of benzene rings is 1. The lowest BCUT2D eigenvalue weighted by Crippen LogP contribution is -2.29. The van der Waals surface area contributed by atoms with Crippen molar-refractivity contribution in [3.8, 4) is 11.6 Å². The van der Waals surface area contributed by atoms with E-state index >= 15 is 0 Å². The minimum atomic E-state index is 0.0159. The summed E-state index contributed by atoms with van der Waals surface area (Å²) in [7, 11) is 1.83. The van der Waals surface area contributed by atoms with Crippen molar-refractivity contribution >= 4 is 5.91 Å². The van der Waals surface area contributed by atoms with Crippen LogP contribution in [0.1, 0.15) is 45.5 Å². The fraction of sp³-hybridized carbons (Fsp3) is 0.364. The maximum absolute atomic E-state index is 12.9. The Hall–Kier alpha value is -3.22. The second-order valence-electron chi connectivity index (χ2n) is 7.61. The third kappa shape index (κ3) is 3.99. The molecule has 1 saturated heterocycles. The number of ether oxygens (including phenoxy) is 1. The third-order valence-corrected chi connectivity index (χ3v) is 5.24. The van der Waals surface area contributed by atoms with Gasteiger partial charge in [0.2, 0.25) is 5.88 Å². The van der Waals surface area contributed by atoms with Crippen molar-refractivity contribution in [1.29, 1.82) is 0 Å². The van der Waals surface area contributed by atoms with E-state index in [-0.39, 0.29) is 11.8 Å². The second-order valence-corrected chi connectivity index (χ2v) is 7.61. The van der Waals surface area contributed by atoms with Crippen molar-refractivity contribution in [2.75, 3.05) is 13.1 Å². The molecule has 0 spiro atoms. The zero-order chi connectivity index (χ0) is 20.5. The normalized spacial score (nSPS) is 16.3. The first-order valence-corrected chi connectivity index (χ1v) is 9.79. The third-order valence-electron chi connectivity index (χ3n) is 5.24. The molecule has 1 aliphatic rings. The Morgan fingerprint density at radius 1 is 1.17 bits per heavy atom. The smallest absolute Gasteiger partial charge is 0.257 e. The molecule has 29 heavy (non-hydrogen) atoms. The largest absolute Gasteiger partial charge is 0.439 e. The topological polar surface area (TPSA) is 73.1 Å². The Kier molecular flexibility index (Phi) is 5.05. The van der Waals surface area contributed by atoms with Gasteiger partial charge in [0.1, 0.15) is 11.6 Å². The van der Waals surface area contributed by atoms with Gasteiger partial charge in [-0.05, 0) is 38.8 Å². The van der Waals surface area contributed by atoms with Gasteiger partial charge in [-0.25, -0.2) is 4.98 Å². The van der Waals surface area contributed by atoms with Crippen molar-refractivity contribution < 1.29 is 9.53 Å². The highest BCUT2D eigenvalue weighted by Crippen LogP contribution is 2.29. The second kappa shape index (κ2) is 7.66. The molecule has 3 heterocycles. The fourth-order valence-corrected chi connectivity index (χ4v) is 3.72. The summed E-state index contributed by atoms with van der Waals surface area (Å²) in [5.74, 6) is 2.16. The van der Waals surface area contributed by atoms with E-state index in [1.54, 1.807) is 10.9 Å². The van der Waals surface area contributed by atoms with Gasteiger partial charge in [-0.3, -0.25) is 9.48 Å². The van der Waals surface area contributed by atoms with Crippen LogP contribution >= 0.6 is 0 Å². The van der Waals surface area contributed by atoms with Crippen LogP contribution in [-0.4, -0.2) is 43.6 Å². The Balaban J connectivity index is 1.52. The number of likely N-dealkylation sites (tertiary alicyclic amines) is 1. The molecule has 2 aromatic heterocycles. The van der Waals surface area contributed by atoms with Crippen LogP contribution in [0.15, 0.2) is 36.5 Å². The molecule has 150 valence electrons. The molecule has 4 rings (SSSR count). The van der Waals surface area contributed by atoms with E-state index in [1.165, 1.54) is 0 Å². The van der Waals surface area contributed by atoms with Crippen LogP contribution in [0, 0.1) is 20.8 Å². The molecular weight excluding hydrogens is 366 g/mol. The first-order chi connectivity index (χ1) is 13.9. The molecule has 0 N–H and O–H groups in total. The average molecular weight is 391 g/mol. The van der Waals surface area contributed by atoms with Gasteiger partial charge in [-0.15, -0.1) is 0 Å². The molecule has 1 atom stereocenters. The number of amides is 1. The van der Waals surface area contributed by atoms with Crippen LogP contribution in [0.4, 0.5) is 0 Å². The first kappa shape index (κ1) is 19.1. The summed E-state index contributed by atoms with van der Waals surface area (Å²) in [6, 6.07) is 9.70. The predicted octanol–water partition coefficient (Wildman–Crippen LogP) is 3.56. The van der Waals surface area contributed by atoms with E-state index in [9.17, 15) is 4.79 Å². The molecule has 1 aromatic carbocycles. The maximum atomic E-state index is 12.9. The van der Waals surface area contributed by atoms with Crippen molar-refractivity contribution in [3.05, 3.63) is 64.9 Å². The van der Waals surface area contributed by atoms with Crippen molar-refractivity contribution in [2.45, 2.75) is 33.1 Å². The van der Waals surface area contributed by atoms with Crippen molar-refractivity contribution in [3.63, 3.8) is 0 Å².